The summed E-state index contributed by atoms with van der Waals surface area (Å²) in [4.78, 5) is 40.4. The van der Waals surface area contributed by atoms with Crippen molar-refractivity contribution in [2.24, 2.45) is 0 Å². The molecule has 0 spiro atoms. The zero-order valence-electron chi connectivity index (χ0n) is 16.7. The molecule has 3 amide bonds. The Morgan fingerprint density at radius 1 is 1.24 bits per heavy atom. The van der Waals surface area contributed by atoms with E-state index >= 15 is 0 Å². The van der Waals surface area contributed by atoms with Crippen LogP contribution in [0.1, 0.15) is 18.9 Å². The lowest BCUT2D eigenvalue weighted by Gasteiger charge is -2.25. The molecule has 29 heavy (non-hydrogen) atoms. The molecular weight excluding hydrogens is 379 g/mol. The molecule has 1 aromatic carbocycles. The molecule has 158 valence electrons. The Morgan fingerprint density at radius 2 is 2.03 bits per heavy atom. The van der Waals surface area contributed by atoms with Gasteiger partial charge in [0, 0.05) is 52.3 Å². The minimum absolute atomic E-state index is 0.0859. The number of nitrogens with zero attached hydrogens (tertiary/aromatic N) is 2. The molecule has 0 unspecified atom stereocenters. The van der Waals surface area contributed by atoms with E-state index < -0.39 is 6.04 Å². The Balaban J connectivity index is 1.79. The summed E-state index contributed by atoms with van der Waals surface area (Å²) in [5.74, 6) is -0.991. The van der Waals surface area contributed by atoms with Gasteiger partial charge in [0.25, 0.3) is 0 Å². The molecule has 0 saturated carbocycles. The van der Waals surface area contributed by atoms with Gasteiger partial charge in [-0.25, -0.2) is 4.39 Å². The van der Waals surface area contributed by atoms with E-state index in [1.54, 1.807) is 11.0 Å². The second-order valence-electron chi connectivity index (χ2n) is 7.65. The molecule has 0 radical (unpaired) electrons. The fraction of sp³-hybridized carbons (Fsp3) is 0.550. The van der Waals surface area contributed by atoms with Crippen LogP contribution in [-0.4, -0.2) is 79.0 Å². The number of amides is 3. The molecule has 8 nitrogen and oxygen atoms in total. The summed E-state index contributed by atoms with van der Waals surface area (Å²) in [6.45, 7) is 3.09. The van der Waals surface area contributed by atoms with Gasteiger partial charge in [-0.1, -0.05) is 12.1 Å². The number of carbonyl (C=O) groups excluding carboxylic acids is 3. The maximum atomic E-state index is 13.6. The van der Waals surface area contributed by atoms with E-state index in [1.165, 1.54) is 26.2 Å². The van der Waals surface area contributed by atoms with Gasteiger partial charge in [0.15, 0.2) is 0 Å². The molecule has 0 bridgehead atoms. The maximum Gasteiger partial charge on any atom is 0.246 e. The minimum Gasteiger partial charge on any atom is -0.375 e. The zero-order chi connectivity index (χ0) is 21.0. The quantitative estimate of drug-likeness (QED) is 0.687. The van der Waals surface area contributed by atoms with Gasteiger partial charge in [0.2, 0.25) is 17.7 Å². The molecule has 2 aliphatic rings. The number of ether oxygens (including phenoxy) is 1. The van der Waals surface area contributed by atoms with Crippen LogP contribution in [0.4, 0.5) is 4.39 Å². The van der Waals surface area contributed by atoms with Gasteiger partial charge in [-0.15, -0.1) is 0 Å². The lowest BCUT2D eigenvalue weighted by Crippen LogP contribution is -2.52. The summed E-state index contributed by atoms with van der Waals surface area (Å²) >= 11 is 0. The number of carbonyl (C=O) groups is 3. The summed E-state index contributed by atoms with van der Waals surface area (Å²) < 4.78 is 18.4. The molecule has 2 saturated heterocycles. The SMILES string of the molecule is COCC(=O)N[C@H]1CN(Cc2cccc(F)c2)C[C@@H]2C[C@H](NC(C)=O)CN2C1=O. The van der Waals surface area contributed by atoms with Crippen molar-refractivity contribution in [3.05, 3.63) is 35.6 Å². The van der Waals surface area contributed by atoms with Crippen molar-refractivity contribution in [2.75, 3.05) is 33.4 Å². The van der Waals surface area contributed by atoms with Crippen molar-refractivity contribution in [3.8, 4) is 0 Å². The third-order valence-corrected chi connectivity index (χ3v) is 5.22. The molecule has 2 N–H and O–H groups in total. The van der Waals surface area contributed by atoms with Crippen LogP contribution in [0.3, 0.4) is 0 Å². The van der Waals surface area contributed by atoms with Crippen LogP contribution in [0.5, 0.6) is 0 Å². The first-order chi connectivity index (χ1) is 13.9. The highest BCUT2D eigenvalue weighted by Gasteiger charge is 2.42. The molecule has 2 aliphatic heterocycles. The van der Waals surface area contributed by atoms with Crippen molar-refractivity contribution in [1.82, 2.24) is 20.4 Å². The summed E-state index contributed by atoms with van der Waals surface area (Å²) in [5, 5.41) is 5.63. The topological polar surface area (TPSA) is 91.0 Å². The smallest absolute Gasteiger partial charge is 0.246 e. The van der Waals surface area contributed by atoms with Gasteiger partial charge in [-0.05, 0) is 24.1 Å². The Kier molecular flexibility index (Phi) is 6.81. The zero-order valence-corrected chi connectivity index (χ0v) is 16.7. The second-order valence-corrected chi connectivity index (χ2v) is 7.65. The lowest BCUT2D eigenvalue weighted by molar-refractivity contribution is -0.137. The van der Waals surface area contributed by atoms with Crippen molar-refractivity contribution in [3.63, 3.8) is 0 Å². The van der Waals surface area contributed by atoms with E-state index in [9.17, 15) is 18.8 Å². The molecule has 9 heteroatoms. The van der Waals surface area contributed by atoms with Crippen LogP contribution in [-0.2, 0) is 25.7 Å². The predicted octanol–water partition coefficient (Wildman–Crippen LogP) is -0.122. The molecule has 2 heterocycles. The average Bonchev–Trinajstić information content (AvgIpc) is 2.97. The number of fused-ring (bicyclic) bond motifs is 1. The first-order valence-corrected chi connectivity index (χ1v) is 9.68. The van der Waals surface area contributed by atoms with E-state index in [4.69, 9.17) is 4.74 Å². The number of methoxy groups -OCH3 is 1. The number of benzene rings is 1. The molecule has 2 fully saturated rings. The van der Waals surface area contributed by atoms with Gasteiger partial charge < -0.3 is 20.3 Å². The molecule has 3 atom stereocenters. The summed E-state index contributed by atoms with van der Waals surface area (Å²) in [6.07, 6.45) is 0.643. The van der Waals surface area contributed by atoms with E-state index in [-0.39, 0.29) is 42.2 Å². The Hall–Kier alpha value is -2.52. The lowest BCUT2D eigenvalue weighted by atomic mass is 10.1. The molecular formula is C20H27FN4O4. The third kappa shape index (κ3) is 5.51. The van der Waals surface area contributed by atoms with Crippen LogP contribution >= 0.6 is 0 Å². The Labute approximate surface area is 169 Å². The van der Waals surface area contributed by atoms with E-state index in [0.29, 0.717) is 32.6 Å². The monoisotopic (exact) mass is 406 g/mol. The van der Waals surface area contributed by atoms with E-state index in [1.807, 2.05) is 11.0 Å². The van der Waals surface area contributed by atoms with Crippen molar-refractivity contribution >= 4 is 17.7 Å². The van der Waals surface area contributed by atoms with Gasteiger partial charge in [-0.2, -0.15) is 0 Å². The van der Waals surface area contributed by atoms with Crippen LogP contribution in [0.15, 0.2) is 24.3 Å². The highest BCUT2D eigenvalue weighted by atomic mass is 19.1. The number of hydrogen-bond donors (Lipinski definition) is 2. The normalized spacial score (nSPS) is 24.7. The first kappa shape index (κ1) is 21.2. The number of rotatable bonds is 6. The predicted molar refractivity (Wildman–Crippen MR) is 103 cm³/mol. The fourth-order valence-corrected chi connectivity index (χ4v) is 4.16. The summed E-state index contributed by atoms with van der Waals surface area (Å²) in [6, 6.07) is 5.41. The molecule has 0 aliphatic carbocycles. The molecule has 1 aromatic rings. The second kappa shape index (κ2) is 9.32. The van der Waals surface area contributed by atoms with Crippen LogP contribution in [0, 0.1) is 5.82 Å². The van der Waals surface area contributed by atoms with Crippen molar-refractivity contribution in [2.45, 2.75) is 38.0 Å². The number of halogens is 1. The van der Waals surface area contributed by atoms with Gasteiger partial charge >= 0.3 is 0 Å². The molecule has 3 rings (SSSR count). The van der Waals surface area contributed by atoms with Crippen LogP contribution in [0.2, 0.25) is 0 Å². The van der Waals surface area contributed by atoms with Crippen molar-refractivity contribution in [1.29, 1.82) is 0 Å². The number of hydrogen-bond acceptors (Lipinski definition) is 5. The third-order valence-electron chi connectivity index (χ3n) is 5.22. The first-order valence-electron chi connectivity index (χ1n) is 9.68. The van der Waals surface area contributed by atoms with E-state index in [2.05, 4.69) is 10.6 Å². The van der Waals surface area contributed by atoms with Gasteiger partial charge in [0.05, 0.1) is 0 Å². The molecule has 0 aromatic heterocycles. The van der Waals surface area contributed by atoms with Gasteiger partial charge in [-0.3, -0.25) is 19.3 Å². The summed E-state index contributed by atoms with van der Waals surface area (Å²) in [5.41, 5.74) is 0.796. The number of nitrogens with one attached hydrogen (secondary N) is 2. The summed E-state index contributed by atoms with van der Waals surface area (Å²) in [7, 11) is 1.42. The van der Waals surface area contributed by atoms with Crippen molar-refractivity contribution < 1.29 is 23.5 Å². The minimum atomic E-state index is -0.729. The fourth-order valence-electron chi connectivity index (χ4n) is 4.16. The average molecular weight is 406 g/mol. The highest BCUT2D eigenvalue weighted by Crippen LogP contribution is 2.24. The van der Waals surface area contributed by atoms with Crippen LogP contribution < -0.4 is 10.6 Å². The van der Waals surface area contributed by atoms with Crippen LogP contribution in [0.25, 0.3) is 0 Å². The van der Waals surface area contributed by atoms with Gasteiger partial charge in [0.1, 0.15) is 18.5 Å². The Bertz CT molecular complexity index is 775. The highest BCUT2D eigenvalue weighted by molar-refractivity contribution is 5.89. The van der Waals surface area contributed by atoms with E-state index in [0.717, 1.165) is 5.56 Å². The standard InChI is InChI=1S/C20H27FN4O4/c1-13(26)22-16-7-17-10-24(8-14-4-3-5-15(21)6-14)11-18(20(28)25(17)9-16)23-19(27)12-29-2/h3-6,16-18H,7-12H2,1-2H3,(H,22,26)(H,23,27)/t16-,17-,18-/m0/s1. The largest absolute Gasteiger partial charge is 0.375 e. The Morgan fingerprint density at radius 3 is 2.72 bits per heavy atom. The maximum absolute atomic E-state index is 13.6.